The fourth-order valence-corrected chi connectivity index (χ4v) is 1.35. The Morgan fingerprint density at radius 2 is 2.21 bits per heavy atom. The first kappa shape index (κ1) is 14.8. The van der Waals surface area contributed by atoms with E-state index in [1.54, 1.807) is 0 Å². The summed E-state index contributed by atoms with van der Waals surface area (Å²) in [4.78, 5) is 33.9. The van der Waals surface area contributed by atoms with Crippen molar-refractivity contribution in [2.45, 2.75) is 12.5 Å². The molecule has 0 radical (unpaired) electrons. The van der Waals surface area contributed by atoms with Gasteiger partial charge in [-0.3, -0.25) is 9.59 Å². The Morgan fingerprint density at radius 1 is 1.53 bits per heavy atom. The first-order chi connectivity index (χ1) is 8.95. The molecule has 0 aliphatic carbocycles. The molecule has 1 rings (SSSR count). The lowest BCUT2D eigenvalue weighted by molar-refractivity contribution is -0.139. The molecular weight excluding hydrogens is 254 g/mol. The lowest BCUT2D eigenvalue weighted by Gasteiger charge is -2.13. The van der Waals surface area contributed by atoms with Crippen LogP contribution in [0.1, 0.15) is 16.9 Å². The van der Waals surface area contributed by atoms with Crippen LogP contribution in [0.2, 0.25) is 0 Å². The summed E-state index contributed by atoms with van der Waals surface area (Å²) in [5, 5.41) is 15.0. The molecule has 0 saturated heterocycles. The van der Waals surface area contributed by atoms with E-state index in [9.17, 15) is 14.4 Å². The maximum absolute atomic E-state index is 11.8. The lowest BCUT2D eigenvalue weighted by atomic mass is 10.2. The summed E-state index contributed by atoms with van der Waals surface area (Å²) in [6, 6.07) is 1.37. The monoisotopic (exact) mass is 269 g/mol. The van der Waals surface area contributed by atoms with E-state index in [0.29, 0.717) is 0 Å². The second-order valence-electron chi connectivity index (χ2n) is 3.83. The van der Waals surface area contributed by atoms with Gasteiger partial charge in [0.2, 0.25) is 0 Å². The zero-order valence-electron chi connectivity index (χ0n) is 10.6. The molecule has 1 atom stereocenters. The molecule has 2 N–H and O–H groups in total. The highest BCUT2D eigenvalue weighted by atomic mass is 16.5. The smallest absolute Gasteiger partial charge is 0.326 e. The summed E-state index contributed by atoms with van der Waals surface area (Å²) in [5.74, 6) is -1.81. The van der Waals surface area contributed by atoms with Gasteiger partial charge in [-0.15, -0.1) is 0 Å². The van der Waals surface area contributed by atoms with Crippen molar-refractivity contribution in [1.82, 2.24) is 15.1 Å². The van der Waals surface area contributed by atoms with E-state index in [1.807, 2.05) is 0 Å². The number of methoxy groups -OCH3 is 1. The molecule has 0 saturated carbocycles. The highest BCUT2D eigenvalue weighted by Crippen LogP contribution is 1.97. The number of ether oxygens (including phenoxy) is 1. The molecule has 0 fully saturated rings. The van der Waals surface area contributed by atoms with E-state index in [2.05, 4.69) is 10.4 Å². The van der Waals surface area contributed by atoms with Crippen LogP contribution in [-0.2, 0) is 16.6 Å². The molecular formula is C11H15N3O5. The Labute approximate surface area is 109 Å². The highest BCUT2D eigenvalue weighted by Gasteiger charge is 2.21. The minimum absolute atomic E-state index is 0.0224. The van der Waals surface area contributed by atoms with Crippen molar-refractivity contribution >= 4 is 11.9 Å². The Morgan fingerprint density at radius 3 is 2.74 bits per heavy atom. The second-order valence-corrected chi connectivity index (χ2v) is 3.83. The first-order valence-electron chi connectivity index (χ1n) is 5.52. The molecule has 1 unspecified atom stereocenters. The molecule has 0 bridgehead atoms. The number of carbonyl (C=O) groups is 2. The molecule has 1 heterocycles. The molecule has 0 aliphatic heterocycles. The third-order valence-electron chi connectivity index (χ3n) is 2.41. The number of carbonyl (C=O) groups excluding carboxylic acids is 1. The van der Waals surface area contributed by atoms with E-state index in [4.69, 9.17) is 9.84 Å². The molecule has 0 spiro atoms. The molecule has 104 valence electrons. The maximum atomic E-state index is 11.8. The molecule has 0 aromatic carbocycles. The van der Waals surface area contributed by atoms with Gasteiger partial charge < -0.3 is 15.2 Å². The van der Waals surface area contributed by atoms with Crippen LogP contribution >= 0.6 is 0 Å². The molecule has 8 nitrogen and oxygen atoms in total. The van der Waals surface area contributed by atoms with Crippen molar-refractivity contribution in [1.29, 1.82) is 0 Å². The Bertz CT molecular complexity index is 525. The van der Waals surface area contributed by atoms with Crippen molar-refractivity contribution in [3.8, 4) is 0 Å². The standard InChI is InChI=1S/C11H15N3O5/c1-14-9(15)4-3-7(13-14)10(16)12-8(11(17)18)5-6-19-2/h3-4,8H,5-6H2,1-2H3,(H,12,16)(H,17,18). The number of aliphatic carboxylic acids is 1. The number of hydrogen-bond acceptors (Lipinski definition) is 5. The molecule has 0 aliphatic rings. The Hall–Kier alpha value is -2.22. The topological polar surface area (TPSA) is 111 Å². The maximum Gasteiger partial charge on any atom is 0.326 e. The molecule has 1 amide bonds. The largest absolute Gasteiger partial charge is 0.480 e. The van der Waals surface area contributed by atoms with Gasteiger partial charge in [-0.1, -0.05) is 0 Å². The predicted molar refractivity (Wildman–Crippen MR) is 64.9 cm³/mol. The van der Waals surface area contributed by atoms with E-state index in [1.165, 1.54) is 26.3 Å². The fraction of sp³-hybridized carbons (Fsp3) is 0.455. The molecule has 19 heavy (non-hydrogen) atoms. The zero-order valence-corrected chi connectivity index (χ0v) is 10.6. The summed E-state index contributed by atoms with van der Waals surface area (Å²) in [5.41, 5.74) is -0.378. The zero-order chi connectivity index (χ0) is 14.4. The van der Waals surface area contributed by atoms with Crippen molar-refractivity contribution in [2.75, 3.05) is 13.7 Å². The van der Waals surface area contributed by atoms with E-state index in [-0.39, 0.29) is 24.3 Å². The van der Waals surface area contributed by atoms with Crippen LogP contribution in [0.25, 0.3) is 0 Å². The van der Waals surface area contributed by atoms with Gasteiger partial charge in [-0.05, 0) is 6.07 Å². The normalized spacial score (nSPS) is 11.9. The summed E-state index contributed by atoms with van der Waals surface area (Å²) in [7, 11) is 2.84. The number of carboxylic acids is 1. The third kappa shape index (κ3) is 4.18. The fourth-order valence-electron chi connectivity index (χ4n) is 1.35. The summed E-state index contributed by atoms with van der Waals surface area (Å²) in [6.45, 7) is 0.206. The first-order valence-corrected chi connectivity index (χ1v) is 5.52. The number of carboxylic acid groups (broad SMARTS) is 1. The summed E-state index contributed by atoms with van der Waals surface area (Å²) >= 11 is 0. The van der Waals surface area contributed by atoms with E-state index in [0.717, 1.165) is 4.68 Å². The van der Waals surface area contributed by atoms with Crippen LogP contribution in [-0.4, -0.2) is 46.5 Å². The van der Waals surface area contributed by atoms with Gasteiger partial charge in [-0.25, -0.2) is 9.48 Å². The van der Waals surface area contributed by atoms with Gasteiger partial charge in [0.1, 0.15) is 11.7 Å². The quantitative estimate of drug-likeness (QED) is 0.685. The SMILES string of the molecule is COCCC(NC(=O)c1ccc(=O)n(C)n1)C(=O)O. The van der Waals surface area contributed by atoms with Crippen LogP contribution in [0.3, 0.4) is 0 Å². The molecule has 1 aromatic heterocycles. The van der Waals surface area contributed by atoms with Gasteiger partial charge in [0.25, 0.3) is 11.5 Å². The van der Waals surface area contributed by atoms with E-state index < -0.39 is 17.9 Å². The number of nitrogens with zero attached hydrogens (tertiary/aromatic N) is 2. The molecule has 1 aromatic rings. The van der Waals surface area contributed by atoms with E-state index >= 15 is 0 Å². The van der Waals surface area contributed by atoms with Crippen molar-refractivity contribution < 1.29 is 19.4 Å². The van der Waals surface area contributed by atoms with Gasteiger partial charge in [0.15, 0.2) is 0 Å². The number of aryl methyl sites for hydroxylation is 1. The lowest BCUT2D eigenvalue weighted by Crippen LogP contribution is -2.42. The average Bonchev–Trinajstić information content (AvgIpc) is 2.37. The van der Waals surface area contributed by atoms with Crippen molar-refractivity contribution in [3.05, 3.63) is 28.2 Å². The number of nitrogens with one attached hydrogen (secondary N) is 1. The minimum Gasteiger partial charge on any atom is -0.480 e. The molecule has 8 heteroatoms. The van der Waals surface area contributed by atoms with Gasteiger partial charge in [-0.2, -0.15) is 5.10 Å². The minimum atomic E-state index is -1.16. The Kier molecular flexibility index (Phi) is 5.19. The average molecular weight is 269 g/mol. The second kappa shape index (κ2) is 6.64. The Balaban J connectivity index is 2.78. The third-order valence-corrected chi connectivity index (χ3v) is 2.41. The summed E-state index contributed by atoms with van der Waals surface area (Å²) in [6.07, 6.45) is 0.142. The van der Waals surface area contributed by atoms with Gasteiger partial charge >= 0.3 is 5.97 Å². The van der Waals surface area contributed by atoms with Crippen LogP contribution in [0.15, 0.2) is 16.9 Å². The number of amides is 1. The number of aromatic nitrogens is 2. The van der Waals surface area contributed by atoms with Crippen LogP contribution in [0, 0.1) is 0 Å². The van der Waals surface area contributed by atoms with Crippen LogP contribution in [0.5, 0.6) is 0 Å². The van der Waals surface area contributed by atoms with Gasteiger partial charge in [0.05, 0.1) is 0 Å². The van der Waals surface area contributed by atoms with Crippen molar-refractivity contribution in [2.24, 2.45) is 7.05 Å². The van der Waals surface area contributed by atoms with Gasteiger partial charge in [0, 0.05) is 33.3 Å². The highest BCUT2D eigenvalue weighted by molar-refractivity contribution is 5.94. The van der Waals surface area contributed by atoms with Crippen LogP contribution in [0.4, 0.5) is 0 Å². The summed E-state index contributed by atoms with van der Waals surface area (Å²) < 4.78 is 5.77. The van der Waals surface area contributed by atoms with Crippen molar-refractivity contribution in [3.63, 3.8) is 0 Å². The predicted octanol–water partition coefficient (Wildman–Crippen LogP) is -1.00. The van der Waals surface area contributed by atoms with Crippen LogP contribution < -0.4 is 10.9 Å². The number of rotatable bonds is 6. The number of hydrogen-bond donors (Lipinski definition) is 2.